The first kappa shape index (κ1) is 15.3. The van der Waals surface area contributed by atoms with Gasteiger partial charge in [0, 0.05) is 23.4 Å². The van der Waals surface area contributed by atoms with Crippen LogP contribution in [-0.4, -0.2) is 28.6 Å². The average molecular weight is 297 g/mol. The van der Waals surface area contributed by atoms with Crippen LogP contribution in [0.4, 0.5) is 4.39 Å². The number of hydrogen-bond donors (Lipinski definition) is 2. The summed E-state index contributed by atoms with van der Waals surface area (Å²) in [4.78, 5) is 10.9. The van der Waals surface area contributed by atoms with Gasteiger partial charge in [-0.1, -0.05) is 0 Å². The summed E-state index contributed by atoms with van der Waals surface area (Å²) in [5, 5.41) is 13.0. The van der Waals surface area contributed by atoms with Gasteiger partial charge in [0.25, 0.3) is 0 Å². The third-order valence-corrected chi connectivity index (χ3v) is 5.02. The van der Waals surface area contributed by atoms with Crippen molar-refractivity contribution in [1.82, 2.24) is 5.32 Å². The zero-order valence-corrected chi connectivity index (χ0v) is 12.4. The van der Waals surface area contributed by atoms with Crippen LogP contribution in [0.5, 0.6) is 0 Å². The van der Waals surface area contributed by atoms with Gasteiger partial charge in [0.1, 0.15) is 5.82 Å². The van der Waals surface area contributed by atoms with Crippen LogP contribution in [0, 0.1) is 5.82 Å². The first-order chi connectivity index (χ1) is 9.60. The lowest BCUT2D eigenvalue weighted by atomic mass is 9.94. The molecule has 5 heteroatoms. The van der Waals surface area contributed by atoms with Crippen molar-refractivity contribution >= 4 is 17.7 Å². The molecule has 1 fully saturated rings. The van der Waals surface area contributed by atoms with E-state index in [1.165, 1.54) is 31.0 Å². The molecule has 1 aliphatic rings. The summed E-state index contributed by atoms with van der Waals surface area (Å²) in [6.07, 6.45) is 6.73. The second kappa shape index (κ2) is 7.09. The Hall–Kier alpha value is -1.07. The Morgan fingerprint density at radius 1 is 1.40 bits per heavy atom. The molecule has 0 aromatic heterocycles. The van der Waals surface area contributed by atoms with Crippen LogP contribution in [-0.2, 0) is 6.54 Å². The van der Waals surface area contributed by atoms with Crippen LogP contribution in [0.1, 0.15) is 41.6 Å². The van der Waals surface area contributed by atoms with E-state index >= 15 is 0 Å². The van der Waals surface area contributed by atoms with Crippen molar-refractivity contribution in [2.75, 3.05) is 6.26 Å². The van der Waals surface area contributed by atoms with Crippen molar-refractivity contribution in [3.8, 4) is 0 Å². The van der Waals surface area contributed by atoms with Gasteiger partial charge >= 0.3 is 5.97 Å². The smallest absolute Gasteiger partial charge is 0.335 e. The number of carbonyl (C=O) groups is 1. The number of aromatic carboxylic acids is 1. The molecular weight excluding hydrogens is 277 g/mol. The molecule has 0 bridgehead atoms. The van der Waals surface area contributed by atoms with Crippen LogP contribution in [0.15, 0.2) is 18.2 Å². The molecule has 1 aromatic rings. The lowest BCUT2D eigenvalue weighted by molar-refractivity contribution is 0.0696. The van der Waals surface area contributed by atoms with E-state index in [0.29, 0.717) is 18.2 Å². The molecule has 0 unspecified atom stereocenters. The van der Waals surface area contributed by atoms with Gasteiger partial charge in [0.05, 0.1) is 5.56 Å². The van der Waals surface area contributed by atoms with Crippen molar-refractivity contribution in [3.05, 3.63) is 35.1 Å². The number of nitrogens with one attached hydrogen (secondary N) is 1. The maximum Gasteiger partial charge on any atom is 0.335 e. The van der Waals surface area contributed by atoms with Gasteiger partial charge in [-0.2, -0.15) is 11.8 Å². The van der Waals surface area contributed by atoms with Gasteiger partial charge in [-0.25, -0.2) is 9.18 Å². The number of halogens is 1. The monoisotopic (exact) mass is 297 g/mol. The maximum atomic E-state index is 13.7. The third-order valence-electron chi connectivity index (χ3n) is 3.88. The van der Waals surface area contributed by atoms with E-state index in [1.54, 1.807) is 0 Å². The second-order valence-electron chi connectivity index (χ2n) is 5.20. The minimum atomic E-state index is -1.02. The Balaban J connectivity index is 1.91. The van der Waals surface area contributed by atoms with Crippen molar-refractivity contribution in [3.63, 3.8) is 0 Å². The zero-order chi connectivity index (χ0) is 14.5. The minimum absolute atomic E-state index is 0.134. The number of rotatable bonds is 5. The standard InChI is InChI=1S/C15H20FNO2S/c1-20-13-5-3-12(4-6-13)17-9-11-8-10(15(18)19)2-7-14(11)16/h2,7-8,12-13,17H,3-6,9H2,1H3,(H,18,19). The maximum absolute atomic E-state index is 13.7. The lowest BCUT2D eigenvalue weighted by Gasteiger charge is -2.28. The molecule has 0 spiro atoms. The predicted molar refractivity (Wildman–Crippen MR) is 79.8 cm³/mol. The molecule has 2 rings (SSSR count). The highest BCUT2D eigenvalue weighted by Gasteiger charge is 2.20. The van der Waals surface area contributed by atoms with Gasteiger partial charge in [-0.15, -0.1) is 0 Å². The van der Waals surface area contributed by atoms with E-state index in [2.05, 4.69) is 11.6 Å². The van der Waals surface area contributed by atoms with E-state index in [0.717, 1.165) is 18.1 Å². The van der Waals surface area contributed by atoms with Crippen LogP contribution < -0.4 is 5.32 Å². The summed E-state index contributed by atoms with van der Waals surface area (Å²) in [5.41, 5.74) is 0.561. The summed E-state index contributed by atoms with van der Waals surface area (Å²) >= 11 is 1.92. The van der Waals surface area contributed by atoms with Crippen molar-refractivity contribution in [2.45, 2.75) is 43.5 Å². The Kier molecular flexibility index (Phi) is 5.43. The van der Waals surface area contributed by atoms with Crippen LogP contribution in [0.25, 0.3) is 0 Å². The third kappa shape index (κ3) is 3.96. The Bertz CT molecular complexity index is 473. The predicted octanol–water partition coefficient (Wildman–Crippen LogP) is 3.29. The van der Waals surface area contributed by atoms with E-state index in [4.69, 9.17) is 5.11 Å². The Labute approximate surface area is 123 Å². The van der Waals surface area contributed by atoms with Gasteiger partial charge < -0.3 is 10.4 Å². The number of thioether (sulfide) groups is 1. The minimum Gasteiger partial charge on any atom is -0.478 e. The second-order valence-corrected chi connectivity index (χ2v) is 6.34. The lowest BCUT2D eigenvalue weighted by Crippen LogP contribution is -2.33. The van der Waals surface area contributed by atoms with Gasteiger partial charge in [-0.3, -0.25) is 0 Å². The van der Waals surface area contributed by atoms with Crippen molar-refractivity contribution in [1.29, 1.82) is 0 Å². The molecule has 0 radical (unpaired) electrons. The fraction of sp³-hybridized carbons (Fsp3) is 0.533. The molecule has 20 heavy (non-hydrogen) atoms. The fourth-order valence-corrected chi connectivity index (χ4v) is 3.34. The Morgan fingerprint density at radius 3 is 2.70 bits per heavy atom. The molecule has 0 aliphatic heterocycles. The molecular formula is C15H20FNO2S. The number of carboxylic acid groups (broad SMARTS) is 1. The van der Waals surface area contributed by atoms with Gasteiger partial charge in [-0.05, 0) is 50.1 Å². The van der Waals surface area contributed by atoms with Crippen molar-refractivity contribution in [2.24, 2.45) is 0 Å². The average Bonchev–Trinajstić information content (AvgIpc) is 2.46. The molecule has 0 amide bonds. The molecule has 0 heterocycles. The van der Waals surface area contributed by atoms with Gasteiger partial charge in [0.15, 0.2) is 0 Å². The molecule has 1 saturated carbocycles. The highest BCUT2D eigenvalue weighted by Crippen LogP contribution is 2.27. The molecule has 1 aromatic carbocycles. The van der Waals surface area contributed by atoms with Gasteiger partial charge in [0.2, 0.25) is 0 Å². The number of carboxylic acids is 1. The van der Waals surface area contributed by atoms with Crippen LogP contribution in [0.2, 0.25) is 0 Å². The number of benzene rings is 1. The molecule has 1 aliphatic carbocycles. The molecule has 110 valence electrons. The van der Waals surface area contributed by atoms with Crippen LogP contribution >= 0.6 is 11.8 Å². The van der Waals surface area contributed by atoms with E-state index in [1.807, 2.05) is 11.8 Å². The van der Waals surface area contributed by atoms with E-state index in [9.17, 15) is 9.18 Å². The van der Waals surface area contributed by atoms with Crippen LogP contribution in [0.3, 0.4) is 0 Å². The van der Waals surface area contributed by atoms with E-state index in [-0.39, 0.29) is 11.4 Å². The first-order valence-corrected chi connectivity index (χ1v) is 8.17. The largest absolute Gasteiger partial charge is 0.478 e. The fourth-order valence-electron chi connectivity index (χ4n) is 2.60. The quantitative estimate of drug-likeness (QED) is 0.875. The summed E-state index contributed by atoms with van der Waals surface area (Å²) in [7, 11) is 0. The molecule has 2 N–H and O–H groups in total. The summed E-state index contributed by atoms with van der Waals surface area (Å²) in [5.74, 6) is -1.37. The Morgan fingerprint density at radius 2 is 2.10 bits per heavy atom. The normalized spacial score (nSPS) is 22.7. The summed E-state index contributed by atoms with van der Waals surface area (Å²) in [6, 6.07) is 4.35. The molecule has 0 atom stereocenters. The first-order valence-electron chi connectivity index (χ1n) is 6.88. The van der Waals surface area contributed by atoms with E-state index < -0.39 is 5.97 Å². The molecule has 0 saturated heterocycles. The highest BCUT2D eigenvalue weighted by molar-refractivity contribution is 7.99. The summed E-state index contributed by atoms with van der Waals surface area (Å²) in [6.45, 7) is 0.390. The summed E-state index contributed by atoms with van der Waals surface area (Å²) < 4.78 is 13.7. The zero-order valence-electron chi connectivity index (χ0n) is 11.6. The molecule has 3 nitrogen and oxygen atoms in total. The SMILES string of the molecule is CSC1CCC(NCc2cc(C(=O)O)ccc2F)CC1. The van der Waals surface area contributed by atoms with Crippen molar-refractivity contribution < 1.29 is 14.3 Å². The topological polar surface area (TPSA) is 49.3 Å². The number of hydrogen-bond acceptors (Lipinski definition) is 3. The highest BCUT2D eigenvalue weighted by atomic mass is 32.2.